The van der Waals surface area contributed by atoms with Gasteiger partial charge in [-0.05, 0) is 93.0 Å². The lowest BCUT2D eigenvalue weighted by atomic mass is 9.94. The van der Waals surface area contributed by atoms with Gasteiger partial charge < -0.3 is 0 Å². The first-order chi connectivity index (χ1) is 13.4. The first kappa shape index (κ1) is 25.0. The summed E-state index contributed by atoms with van der Waals surface area (Å²) in [5, 5.41) is 0. The summed E-state index contributed by atoms with van der Waals surface area (Å²) in [6, 6.07) is 0.818. The summed E-state index contributed by atoms with van der Waals surface area (Å²) in [6.45, 7) is 12.4. The third kappa shape index (κ3) is 12.4. The average Bonchev–Trinajstić information content (AvgIpc) is 2.66. The highest BCUT2D eigenvalue weighted by atomic mass is 15.1. The molecule has 0 amide bonds. The van der Waals surface area contributed by atoms with Gasteiger partial charge in [-0.15, -0.1) is 0 Å². The molecule has 0 spiro atoms. The molecular weight excluding hydrogens is 338 g/mol. The van der Waals surface area contributed by atoms with Crippen molar-refractivity contribution in [2.75, 3.05) is 13.6 Å². The molecule has 0 aliphatic heterocycles. The van der Waals surface area contributed by atoms with Crippen LogP contribution in [0.3, 0.4) is 0 Å². The first-order valence-corrected chi connectivity index (χ1v) is 11.7. The Hall–Kier alpha value is -1.08. The van der Waals surface area contributed by atoms with E-state index in [-0.39, 0.29) is 0 Å². The van der Waals surface area contributed by atoms with Gasteiger partial charge in [0.25, 0.3) is 0 Å². The Labute approximate surface area is 176 Å². The van der Waals surface area contributed by atoms with E-state index in [0.29, 0.717) is 0 Å². The fraction of sp³-hybridized carbons (Fsp3) is 0.704. The molecule has 160 valence electrons. The molecule has 0 atom stereocenters. The molecule has 0 aromatic rings. The van der Waals surface area contributed by atoms with Crippen LogP contribution in [0.5, 0.6) is 0 Å². The predicted molar refractivity (Wildman–Crippen MR) is 128 cm³/mol. The predicted octanol–water partition coefficient (Wildman–Crippen LogP) is 8.40. The number of rotatable bonds is 12. The monoisotopic (exact) mass is 385 g/mol. The van der Waals surface area contributed by atoms with Crippen molar-refractivity contribution in [3.05, 3.63) is 46.6 Å². The molecule has 0 aromatic carbocycles. The molecule has 1 heteroatoms. The Kier molecular flexibility index (Phi) is 13.2. The van der Waals surface area contributed by atoms with Gasteiger partial charge in [0.2, 0.25) is 0 Å². The van der Waals surface area contributed by atoms with Gasteiger partial charge in [0.15, 0.2) is 0 Å². The van der Waals surface area contributed by atoms with Crippen LogP contribution in [-0.4, -0.2) is 24.5 Å². The minimum Gasteiger partial charge on any atom is -0.300 e. The lowest BCUT2D eigenvalue weighted by Gasteiger charge is -2.30. The molecule has 1 aliphatic carbocycles. The summed E-state index contributed by atoms with van der Waals surface area (Å²) in [4.78, 5) is 2.57. The number of hydrogen-bond donors (Lipinski definition) is 0. The Morgan fingerprint density at radius 2 is 1.14 bits per heavy atom. The number of nitrogens with zero attached hydrogens (tertiary/aromatic N) is 1. The van der Waals surface area contributed by atoms with Crippen LogP contribution in [0.25, 0.3) is 0 Å². The maximum absolute atomic E-state index is 2.57. The third-order valence-electron chi connectivity index (χ3n) is 6.08. The van der Waals surface area contributed by atoms with Crippen molar-refractivity contribution in [1.29, 1.82) is 0 Å². The summed E-state index contributed by atoms with van der Waals surface area (Å²) in [6.07, 6.45) is 23.9. The molecule has 0 N–H and O–H groups in total. The van der Waals surface area contributed by atoms with Gasteiger partial charge >= 0.3 is 0 Å². The van der Waals surface area contributed by atoms with Crippen molar-refractivity contribution < 1.29 is 0 Å². The van der Waals surface area contributed by atoms with E-state index < -0.39 is 0 Å². The van der Waals surface area contributed by atoms with Gasteiger partial charge in [0, 0.05) is 12.6 Å². The zero-order valence-electron chi connectivity index (χ0n) is 19.8. The van der Waals surface area contributed by atoms with Crippen LogP contribution in [0.2, 0.25) is 0 Å². The van der Waals surface area contributed by atoms with Gasteiger partial charge in [-0.2, -0.15) is 0 Å². The maximum atomic E-state index is 2.57. The molecule has 1 rings (SSSR count). The topological polar surface area (TPSA) is 3.24 Å². The Bertz CT molecular complexity index is 537. The molecular formula is C27H47N. The molecule has 28 heavy (non-hydrogen) atoms. The molecule has 0 heterocycles. The van der Waals surface area contributed by atoms with Crippen molar-refractivity contribution in [1.82, 2.24) is 4.90 Å². The van der Waals surface area contributed by atoms with Crippen LogP contribution < -0.4 is 0 Å². The average molecular weight is 386 g/mol. The second-order valence-electron chi connectivity index (χ2n) is 9.28. The summed E-state index contributed by atoms with van der Waals surface area (Å²) in [5.41, 5.74) is 6.05. The quantitative estimate of drug-likeness (QED) is 0.305. The highest BCUT2D eigenvalue weighted by Crippen LogP contribution is 2.21. The van der Waals surface area contributed by atoms with Crippen LogP contribution in [0.15, 0.2) is 46.6 Å². The number of hydrogen-bond acceptors (Lipinski definition) is 1. The van der Waals surface area contributed by atoms with Crippen LogP contribution in [-0.2, 0) is 0 Å². The van der Waals surface area contributed by atoms with Crippen molar-refractivity contribution >= 4 is 0 Å². The van der Waals surface area contributed by atoms with Crippen LogP contribution in [0, 0.1) is 0 Å². The second kappa shape index (κ2) is 14.9. The smallest absolute Gasteiger partial charge is 0.0165 e. The molecule has 0 unspecified atom stereocenters. The second-order valence-corrected chi connectivity index (χ2v) is 9.28. The van der Waals surface area contributed by atoms with Gasteiger partial charge in [-0.3, -0.25) is 4.90 Å². The molecule has 0 aromatic heterocycles. The zero-order valence-corrected chi connectivity index (χ0v) is 19.8. The van der Waals surface area contributed by atoms with Gasteiger partial charge in [-0.25, -0.2) is 0 Å². The molecule has 1 aliphatic rings. The maximum Gasteiger partial charge on any atom is 0.0165 e. The van der Waals surface area contributed by atoms with E-state index in [2.05, 4.69) is 70.9 Å². The third-order valence-corrected chi connectivity index (χ3v) is 6.08. The standard InChI is InChI=1S/C27H47N/c1-23(2)13-10-14-24(3)15-11-16-25(4)17-12-18-26(5)21-22-28(6)27-19-8-7-9-20-27/h13,15,17,21,27H,7-12,14,16,18-20,22H2,1-6H3/b24-15+,25-17+,26-21+. The molecule has 0 bridgehead atoms. The fourth-order valence-corrected chi connectivity index (χ4v) is 3.96. The molecule has 1 nitrogen and oxygen atoms in total. The van der Waals surface area contributed by atoms with E-state index in [4.69, 9.17) is 0 Å². The van der Waals surface area contributed by atoms with E-state index >= 15 is 0 Å². The van der Waals surface area contributed by atoms with Crippen LogP contribution in [0.1, 0.15) is 105 Å². The van der Waals surface area contributed by atoms with Crippen LogP contribution in [0.4, 0.5) is 0 Å². The van der Waals surface area contributed by atoms with Crippen molar-refractivity contribution in [2.45, 2.75) is 111 Å². The lowest BCUT2D eigenvalue weighted by molar-refractivity contribution is 0.209. The van der Waals surface area contributed by atoms with Gasteiger partial charge in [-0.1, -0.05) is 65.9 Å². The lowest BCUT2D eigenvalue weighted by Crippen LogP contribution is -2.33. The van der Waals surface area contributed by atoms with Gasteiger partial charge in [0.05, 0.1) is 0 Å². The largest absolute Gasteiger partial charge is 0.300 e. The van der Waals surface area contributed by atoms with E-state index in [0.717, 1.165) is 12.6 Å². The highest BCUT2D eigenvalue weighted by molar-refractivity contribution is 5.07. The summed E-state index contributed by atoms with van der Waals surface area (Å²) >= 11 is 0. The fourth-order valence-electron chi connectivity index (χ4n) is 3.96. The van der Waals surface area contributed by atoms with E-state index in [1.54, 1.807) is 11.1 Å². The SMILES string of the molecule is CC(C)=CCC/C(C)=C/CC/C(C)=C/CC/C(C)=C/CN(C)C1CCCCC1. The zero-order chi connectivity index (χ0) is 20.8. The van der Waals surface area contributed by atoms with Crippen molar-refractivity contribution in [3.63, 3.8) is 0 Å². The Morgan fingerprint density at radius 3 is 1.64 bits per heavy atom. The summed E-state index contributed by atoms with van der Waals surface area (Å²) in [5.74, 6) is 0. The Morgan fingerprint density at radius 1 is 0.679 bits per heavy atom. The minimum atomic E-state index is 0.818. The highest BCUT2D eigenvalue weighted by Gasteiger charge is 2.16. The van der Waals surface area contributed by atoms with E-state index in [1.807, 2.05) is 0 Å². The van der Waals surface area contributed by atoms with E-state index in [1.165, 1.54) is 81.8 Å². The molecule has 1 saturated carbocycles. The normalized spacial score (nSPS) is 17.3. The number of allylic oxidation sites excluding steroid dienone is 7. The number of likely N-dealkylation sites (N-methyl/N-ethyl adjacent to an activating group) is 1. The van der Waals surface area contributed by atoms with Crippen molar-refractivity contribution in [2.24, 2.45) is 0 Å². The molecule has 0 saturated heterocycles. The summed E-state index contributed by atoms with van der Waals surface area (Å²) in [7, 11) is 2.30. The van der Waals surface area contributed by atoms with Crippen LogP contribution >= 0.6 is 0 Å². The summed E-state index contributed by atoms with van der Waals surface area (Å²) < 4.78 is 0. The minimum absolute atomic E-state index is 0.818. The van der Waals surface area contributed by atoms with E-state index in [9.17, 15) is 0 Å². The Balaban J connectivity index is 2.22. The van der Waals surface area contributed by atoms with Crippen molar-refractivity contribution in [3.8, 4) is 0 Å². The van der Waals surface area contributed by atoms with Gasteiger partial charge in [0.1, 0.15) is 0 Å². The molecule has 0 radical (unpaired) electrons. The first-order valence-electron chi connectivity index (χ1n) is 11.7. The molecule has 1 fully saturated rings.